The number of primary amides is 1. The van der Waals surface area contributed by atoms with Crippen molar-refractivity contribution in [3.8, 4) is 0 Å². The van der Waals surface area contributed by atoms with E-state index in [9.17, 15) is 9.59 Å². The average molecular weight is 275 g/mol. The third-order valence-electron chi connectivity index (χ3n) is 3.99. The van der Waals surface area contributed by atoms with Crippen LogP contribution in [0.4, 0.5) is 0 Å². The van der Waals surface area contributed by atoms with Gasteiger partial charge in [0.05, 0.1) is 5.92 Å². The molecule has 1 saturated heterocycles. The van der Waals surface area contributed by atoms with Crippen molar-refractivity contribution in [1.29, 1.82) is 0 Å². The topological polar surface area (TPSA) is 89.4 Å². The minimum atomic E-state index is -0.690. The molecule has 108 valence electrons. The Kier molecular flexibility index (Phi) is 4.39. The zero-order valence-corrected chi connectivity index (χ0v) is 11.7. The number of carbonyl (C=O) groups excluding carboxylic acids is 2. The highest BCUT2D eigenvalue weighted by molar-refractivity contribution is 5.84. The largest absolute Gasteiger partial charge is 0.369 e. The molecule has 1 aromatic carbocycles. The molecule has 0 spiro atoms. The van der Waals surface area contributed by atoms with E-state index in [1.165, 1.54) is 0 Å². The molecule has 1 aromatic rings. The Labute approximate surface area is 118 Å². The number of piperidine rings is 1. The second kappa shape index (κ2) is 6.05. The van der Waals surface area contributed by atoms with E-state index in [-0.39, 0.29) is 23.8 Å². The van der Waals surface area contributed by atoms with E-state index in [0.717, 1.165) is 18.4 Å². The van der Waals surface area contributed by atoms with Gasteiger partial charge in [-0.1, -0.05) is 30.3 Å². The molecule has 3 atom stereocenters. The van der Waals surface area contributed by atoms with Gasteiger partial charge in [0.25, 0.3) is 0 Å². The van der Waals surface area contributed by atoms with Crippen LogP contribution >= 0.6 is 0 Å². The number of likely N-dealkylation sites (tertiary alicyclic amines) is 1. The molecule has 0 aromatic heterocycles. The molecular weight excluding hydrogens is 254 g/mol. The molecule has 0 bridgehead atoms. The summed E-state index contributed by atoms with van der Waals surface area (Å²) in [5.41, 5.74) is 12.2. The molecule has 1 aliphatic heterocycles. The molecule has 3 unspecified atom stereocenters. The van der Waals surface area contributed by atoms with Crippen molar-refractivity contribution >= 4 is 11.8 Å². The third kappa shape index (κ3) is 2.99. The van der Waals surface area contributed by atoms with Crippen molar-refractivity contribution in [2.24, 2.45) is 17.4 Å². The monoisotopic (exact) mass is 275 g/mol. The minimum Gasteiger partial charge on any atom is -0.369 e. The van der Waals surface area contributed by atoms with E-state index in [0.29, 0.717) is 6.54 Å². The Balaban J connectivity index is 2.12. The summed E-state index contributed by atoms with van der Waals surface area (Å²) in [5.74, 6) is -0.754. The fraction of sp³-hybridized carbons (Fsp3) is 0.467. The molecule has 5 nitrogen and oxygen atoms in total. The van der Waals surface area contributed by atoms with Gasteiger partial charge in [0.2, 0.25) is 11.8 Å². The standard InChI is InChI=1S/C15H21N3O2/c1-10-7-8-12(14(17)19)9-18(10)15(20)13(16)11-5-3-2-4-6-11/h2-6,10,12-13H,7-9,16H2,1H3,(H2,17,19). The number of nitrogens with two attached hydrogens (primary N) is 2. The van der Waals surface area contributed by atoms with E-state index in [1.54, 1.807) is 4.90 Å². The van der Waals surface area contributed by atoms with Crippen LogP contribution < -0.4 is 11.5 Å². The molecule has 5 heteroatoms. The lowest BCUT2D eigenvalue weighted by atomic mass is 9.92. The summed E-state index contributed by atoms with van der Waals surface area (Å²) in [6.45, 7) is 2.35. The average Bonchev–Trinajstić information content (AvgIpc) is 2.47. The first-order valence-electron chi connectivity index (χ1n) is 6.91. The Morgan fingerprint density at radius 3 is 2.50 bits per heavy atom. The Morgan fingerprint density at radius 2 is 1.90 bits per heavy atom. The van der Waals surface area contributed by atoms with Crippen LogP contribution in [0.1, 0.15) is 31.4 Å². The maximum absolute atomic E-state index is 12.5. The SMILES string of the molecule is CC1CCC(C(N)=O)CN1C(=O)C(N)c1ccccc1. The van der Waals surface area contributed by atoms with Gasteiger partial charge in [-0.05, 0) is 25.3 Å². The molecule has 20 heavy (non-hydrogen) atoms. The molecule has 1 aliphatic rings. The van der Waals surface area contributed by atoms with Crippen LogP contribution in [0.3, 0.4) is 0 Å². The maximum Gasteiger partial charge on any atom is 0.244 e. The molecule has 1 heterocycles. The van der Waals surface area contributed by atoms with Gasteiger partial charge in [-0.25, -0.2) is 0 Å². The van der Waals surface area contributed by atoms with E-state index < -0.39 is 6.04 Å². The predicted molar refractivity (Wildman–Crippen MR) is 76.5 cm³/mol. The van der Waals surface area contributed by atoms with Crippen molar-refractivity contribution in [1.82, 2.24) is 4.90 Å². The molecule has 1 fully saturated rings. The number of rotatable bonds is 3. The highest BCUT2D eigenvalue weighted by atomic mass is 16.2. The third-order valence-corrected chi connectivity index (χ3v) is 3.99. The number of nitrogens with zero attached hydrogens (tertiary/aromatic N) is 1. The Morgan fingerprint density at radius 1 is 1.25 bits per heavy atom. The number of hydrogen-bond acceptors (Lipinski definition) is 3. The summed E-state index contributed by atoms with van der Waals surface area (Å²) in [6.07, 6.45) is 1.52. The lowest BCUT2D eigenvalue weighted by Crippen LogP contribution is -2.51. The number of benzene rings is 1. The van der Waals surface area contributed by atoms with Gasteiger partial charge in [0.15, 0.2) is 0 Å². The van der Waals surface area contributed by atoms with Crippen LogP contribution in [0.15, 0.2) is 30.3 Å². The number of amides is 2. The lowest BCUT2D eigenvalue weighted by molar-refractivity contribution is -0.139. The second-order valence-corrected chi connectivity index (χ2v) is 5.40. The summed E-state index contributed by atoms with van der Waals surface area (Å²) in [4.78, 5) is 25.5. The van der Waals surface area contributed by atoms with E-state index in [4.69, 9.17) is 11.5 Å². The van der Waals surface area contributed by atoms with Gasteiger partial charge in [0, 0.05) is 12.6 Å². The zero-order chi connectivity index (χ0) is 14.7. The molecule has 2 amide bonds. The fourth-order valence-electron chi connectivity index (χ4n) is 2.63. The molecule has 0 saturated carbocycles. The molecule has 4 N–H and O–H groups in total. The first-order chi connectivity index (χ1) is 9.50. The van der Waals surface area contributed by atoms with Crippen LogP contribution in [0.5, 0.6) is 0 Å². The van der Waals surface area contributed by atoms with Crippen molar-refractivity contribution in [2.75, 3.05) is 6.54 Å². The first kappa shape index (κ1) is 14.5. The fourth-order valence-corrected chi connectivity index (χ4v) is 2.63. The van der Waals surface area contributed by atoms with Crippen LogP contribution in [-0.2, 0) is 9.59 Å². The van der Waals surface area contributed by atoms with Crippen molar-refractivity contribution in [3.63, 3.8) is 0 Å². The van der Waals surface area contributed by atoms with Crippen molar-refractivity contribution in [3.05, 3.63) is 35.9 Å². The minimum absolute atomic E-state index is 0.0906. The van der Waals surface area contributed by atoms with E-state index >= 15 is 0 Å². The van der Waals surface area contributed by atoms with Crippen LogP contribution in [-0.4, -0.2) is 29.3 Å². The van der Waals surface area contributed by atoms with Gasteiger partial charge in [-0.2, -0.15) is 0 Å². The molecule has 0 radical (unpaired) electrons. The normalized spacial score (nSPS) is 24.2. The highest BCUT2D eigenvalue weighted by Crippen LogP contribution is 2.24. The van der Waals surface area contributed by atoms with Gasteiger partial charge in [-0.15, -0.1) is 0 Å². The lowest BCUT2D eigenvalue weighted by Gasteiger charge is -2.38. The van der Waals surface area contributed by atoms with E-state index in [2.05, 4.69) is 0 Å². The number of hydrogen-bond donors (Lipinski definition) is 2. The summed E-state index contributed by atoms with van der Waals surface area (Å²) in [5, 5.41) is 0. The highest BCUT2D eigenvalue weighted by Gasteiger charge is 2.34. The Hall–Kier alpha value is -1.88. The van der Waals surface area contributed by atoms with Crippen molar-refractivity contribution in [2.45, 2.75) is 31.8 Å². The quantitative estimate of drug-likeness (QED) is 0.855. The first-order valence-corrected chi connectivity index (χ1v) is 6.91. The van der Waals surface area contributed by atoms with Gasteiger partial charge in [0.1, 0.15) is 6.04 Å². The summed E-state index contributed by atoms with van der Waals surface area (Å²) in [6, 6.07) is 8.67. The van der Waals surface area contributed by atoms with Gasteiger partial charge < -0.3 is 16.4 Å². The smallest absolute Gasteiger partial charge is 0.244 e. The van der Waals surface area contributed by atoms with Crippen LogP contribution in [0.25, 0.3) is 0 Å². The molecular formula is C15H21N3O2. The summed E-state index contributed by atoms with van der Waals surface area (Å²) in [7, 11) is 0. The predicted octanol–water partition coefficient (Wildman–Crippen LogP) is 0.799. The zero-order valence-electron chi connectivity index (χ0n) is 11.7. The maximum atomic E-state index is 12.5. The van der Waals surface area contributed by atoms with Crippen molar-refractivity contribution < 1.29 is 9.59 Å². The summed E-state index contributed by atoms with van der Waals surface area (Å²) < 4.78 is 0. The summed E-state index contributed by atoms with van der Waals surface area (Å²) >= 11 is 0. The molecule has 0 aliphatic carbocycles. The second-order valence-electron chi connectivity index (χ2n) is 5.40. The van der Waals surface area contributed by atoms with Gasteiger partial charge >= 0.3 is 0 Å². The van der Waals surface area contributed by atoms with Gasteiger partial charge in [-0.3, -0.25) is 9.59 Å². The number of carbonyl (C=O) groups is 2. The van der Waals surface area contributed by atoms with E-state index in [1.807, 2.05) is 37.3 Å². The van der Waals surface area contributed by atoms with Crippen LogP contribution in [0, 0.1) is 5.92 Å². The van der Waals surface area contributed by atoms with Crippen LogP contribution in [0.2, 0.25) is 0 Å². The Bertz CT molecular complexity index is 489. The molecule has 2 rings (SSSR count).